The third-order valence-electron chi connectivity index (χ3n) is 3.82. The molecule has 1 atom stereocenters. The molecule has 0 aliphatic carbocycles. The zero-order chi connectivity index (χ0) is 17.2. The first kappa shape index (κ1) is 14.9. The van der Waals surface area contributed by atoms with E-state index in [0.29, 0.717) is 17.2 Å². The van der Waals surface area contributed by atoms with Gasteiger partial charge in [0, 0.05) is 30.1 Å². The third kappa shape index (κ3) is 2.69. The molecule has 8 heteroatoms. The van der Waals surface area contributed by atoms with Crippen molar-refractivity contribution in [1.29, 1.82) is 0 Å². The average molecular weight is 335 g/mol. The lowest BCUT2D eigenvalue weighted by Gasteiger charge is -2.39. The molecule has 124 valence electrons. The number of pyridine rings is 1. The number of fused-ring (bicyclic) bond motifs is 1. The van der Waals surface area contributed by atoms with Crippen LogP contribution in [0.1, 0.15) is 5.56 Å². The SMILES string of the molecule is O=[N+]([O-])c1cccc(C2=NON(c3ccccn3)[C@H]3C=CC=CN23)c1. The molecule has 0 radical (unpaired) electrons. The smallest absolute Gasteiger partial charge is 0.270 e. The van der Waals surface area contributed by atoms with Crippen molar-refractivity contribution < 1.29 is 9.86 Å². The van der Waals surface area contributed by atoms with Gasteiger partial charge in [-0.15, -0.1) is 5.06 Å². The quantitative estimate of drug-likeness (QED) is 0.633. The van der Waals surface area contributed by atoms with E-state index in [4.69, 9.17) is 4.94 Å². The zero-order valence-electron chi connectivity index (χ0n) is 13.0. The summed E-state index contributed by atoms with van der Waals surface area (Å²) < 4.78 is 0. The molecule has 4 rings (SSSR count). The molecule has 0 N–H and O–H groups in total. The average Bonchev–Trinajstić information content (AvgIpc) is 2.68. The van der Waals surface area contributed by atoms with Gasteiger partial charge >= 0.3 is 0 Å². The van der Waals surface area contributed by atoms with Gasteiger partial charge in [0.2, 0.25) is 0 Å². The van der Waals surface area contributed by atoms with E-state index in [1.165, 1.54) is 12.1 Å². The molecule has 8 nitrogen and oxygen atoms in total. The van der Waals surface area contributed by atoms with Crippen LogP contribution >= 0.6 is 0 Å². The lowest BCUT2D eigenvalue weighted by atomic mass is 10.1. The van der Waals surface area contributed by atoms with E-state index in [1.807, 2.05) is 47.5 Å². The molecule has 0 bridgehead atoms. The third-order valence-corrected chi connectivity index (χ3v) is 3.82. The molecule has 2 aliphatic rings. The molecule has 0 amide bonds. The Morgan fingerprint density at radius 1 is 1.16 bits per heavy atom. The monoisotopic (exact) mass is 335 g/mol. The second kappa shape index (κ2) is 6.08. The summed E-state index contributed by atoms with van der Waals surface area (Å²) in [7, 11) is 0. The number of non-ortho nitro benzene ring substituents is 1. The summed E-state index contributed by atoms with van der Waals surface area (Å²) in [6.07, 6.45) is 8.92. The Morgan fingerprint density at radius 2 is 2.08 bits per heavy atom. The van der Waals surface area contributed by atoms with Gasteiger partial charge in [0.1, 0.15) is 0 Å². The number of allylic oxidation sites excluding steroid dienone is 2. The van der Waals surface area contributed by atoms with Crippen molar-refractivity contribution in [3.05, 3.63) is 88.8 Å². The van der Waals surface area contributed by atoms with Gasteiger partial charge in [0.15, 0.2) is 17.8 Å². The maximum absolute atomic E-state index is 11.0. The van der Waals surface area contributed by atoms with Crippen LogP contribution in [0.4, 0.5) is 11.5 Å². The highest BCUT2D eigenvalue weighted by atomic mass is 16.8. The summed E-state index contributed by atoms with van der Waals surface area (Å²) in [6, 6.07) is 11.8. The van der Waals surface area contributed by atoms with Crippen LogP contribution in [0, 0.1) is 10.1 Å². The van der Waals surface area contributed by atoms with Crippen molar-refractivity contribution in [2.24, 2.45) is 5.16 Å². The number of hydroxylamine groups is 1. The van der Waals surface area contributed by atoms with E-state index in [2.05, 4.69) is 10.1 Å². The Bertz CT molecular complexity index is 894. The van der Waals surface area contributed by atoms with Crippen LogP contribution in [0.3, 0.4) is 0 Å². The first-order valence-electron chi connectivity index (χ1n) is 7.57. The minimum Gasteiger partial charge on any atom is -0.302 e. The van der Waals surface area contributed by atoms with E-state index in [0.717, 1.165) is 0 Å². The summed E-state index contributed by atoms with van der Waals surface area (Å²) in [4.78, 5) is 22.3. The summed E-state index contributed by atoms with van der Waals surface area (Å²) in [5, 5.41) is 16.8. The fraction of sp³-hybridized carbons (Fsp3) is 0.0588. The maximum atomic E-state index is 11.0. The zero-order valence-corrected chi connectivity index (χ0v) is 13.0. The molecule has 0 unspecified atom stereocenters. The first-order chi connectivity index (χ1) is 12.2. The number of nitrogens with zero attached hydrogens (tertiary/aromatic N) is 5. The fourth-order valence-electron chi connectivity index (χ4n) is 2.67. The topological polar surface area (TPSA) is 84.1 Å². The van der Waals surface area contributed by atoms with E-state index in [-0.39, 0.29) is 11.9 Å². The predicted octanol–water partition coefficient (Wildman–Crippen LogP) is 2.81. The highest BCUT2D eigenvalue weighted by molar-refractivity contribution is 6.00. The van der Waals surface area contributed by atoms with Gasteiger partial charge in [-0.05, 0) is 29.4 Å². The van der Waals surface area contributed by atoms with Crippen molar-refractivity contribution in [3.63, 3.8) is 0 Å². The van der Waals surface area contributed by atoms with Crippen LogP contribution in [0.2, 0.25) is 0 Å². The Morgan fingerprint density at radius 3 is 2.88 bits per heavy atom. The summed E-state index contributed by atoms with van der Waals surface area (Å²) in [5.74, 6) is 1.10. The summed E-state index contributed by atoms with van der Waals surface area (Å²) in [6.45, 7) is 0. The van der Waals surface area contributed by atoms with Gasteiger partial charge < -0.3 is 4.90 Å². The molecule has 0 fully saturated rings. The lowest BCUT2D eigenvalue weighted by Crippen LogP contribution is -2.52. The van der Waals surface area contributed by atoms with Gasteiger partial charge in [-0.2, -0.15) is 0 Å². The second-order valence-electron chi connectivity index (χ2n) is 5.37. The lowest BCUT2D eigenvalue weighted by molar-refractivity contribution is -0.384. The Balaban J connectivity index is 1.74. The number of benzene rings is 1. The molecule has 2 aliphatic heterocycles. The Hall–Kier alpha value is -3.68. The van der Waals surface area contributed by atoms with Crippen LogP contribution in [-0.2, 0) is 4.94 Å². The minimum absolute atomic E-state index is 0.000404. The molecule has 0 saturated heterocycles. The Kier molecular flexibility index (Phi) is 3.62. The largest absolute Gasteiger partial charge is 0.302 e. The fourth-order valence-corrected chi connectivity index (χ4v) is 2.67. The van der Waals surface area contributed by atoms with Crippen LogP contribution in [0.25, 0.3) is 0 Å². The van der Waals surface area contributed by atoms with Crippen LogP contribution in [0.5, 0.6) is 0 Å². The minimum atomic E-state index is -0.433. The van der Waals surface area contributed by atoms with E-state index in [1.54, 1.807) is 23.4 Å². The molecule has 0 saturated carbocycles. The normalized spacial score (nSPS) is 18.4. The van der Waals surface area contributed by atoms with Gasteiger partial charge in [0.25, 0.3) is 5.69 Å². The number of rotatable bonds is 3. The Labute approximate surface area is 143 Å². The highest BCUT2D eigenvalue weighted by Crippen LogP contribution is 2.27. The molecule has 2 aromatic rings. The number of amidine groups is 1. The van der Waals surface area contributed by atoms with Crippen molar-refractivity contribution in [1.82, 2.24) is 9.88 Å². The number of anilines is 1. The van der Waals surface area contributed by atoms with Crippen LogP contribution in [0.15, 0.2) is 78.2 Å². The van der Waals surface area contributed by atoms with Gasteiger partial charge in [-0.3, -0.25) is 15.1 Å². The molecule has 25 heavy (non-hydrogen) atoms. The maximum Gasteiger partial charge on any atom is 0.270 e. The second-order valence-corrected chi connectivity index (χ2v) is 5.37. The van der Waals surface area contributed by atoms with Crippen molar-refractivity contribution >= 4 is 17.3 Å². The van der Waals surface area contributed by atoms with Crippen molar-refractivity contribution in [3.8, 4) is 0 Å². The molecular weight excluding hydrogens is 322 g/mol. The standard InChI is InChI=1S/C17H13N5O3/c23-22(24)14-7-5-6-13(12-14)17-19-25-21(15-8-1-3-10-18-15)16-9-2-4-11-20(16)17/h1-12,16H/t16-/m0/s1. The van der Waals surface area contributed by atoms with Gasteiger partial charge in [0.05, 0.1) is 4.92 Å². The summed E-state index contributed by atoms with van der Waals surface area (Å²) >= 11 is 0. The van der Waals surface area contributed by atoms with E-state index in [9.17, 15) is 10.1 Å². The van der Waals surface area contributed by atoms with E-state index >= 15 is 0 Å². The molecule has 1 aromatic heterocycles. The molecule has 1 aromatic carbocycles. The number of hydrogen-bond acceptors (Lipinski definition) is 7. The van der Waals surface area contributed by atoms with Crippen LogP contribution in [-0.4, -0.2) is 26.8 Å². The first-order valence-corrected chi connectivity index (χ1v) is 7.57. The van der Waals surface area contributed by atoms with E-state index < -0.39 is 4.92 Å². The number of nitro groups is 1. The number of hydrogen-bond donors (Lipinski definition) is 0. The summed E-state index contributed by atoms with van der Waals surface area (Å²) in [5.41, 5.74) is 0.597. The highest BCUT2D eigenvalue weighted by Gasteiger charge is 2.34. The van der Waals surface area contributed by atoms with Gasteiger partial charge in [-0.25, -0.2) is 4.98 Å². The molecule has 3 heterocycles. The molecular formula is C17H13N5O3. The number of aromatic nitrogens is 1. The van der Waals surface area contributed by atoms with Crippen molar-refractivity contribution in [2.75, 3.05) is 5.06 Å². The molecule has 0 spiro atoms. The number of oxime groups is 1. The van der Waals surface area contributed by atoms with Crippen LogP contribution < -0.4 is 5.06 Å². The predicted molar refractivity (Wildman–Crippen MR) is 91.3 cm³/mol. The van der Waals surface area contributed by atoms with Gasteiger partial charge in [-0.1, -0.05) is 24.3 Å². The number of nitro benzene ring substituents is 1. The van der Waals surface area contributed by atoms with Crippen molar-refractivity contribution in [2.45, 2.75) is 6.17 Å².